The van der Waals surface area contributed by atoms with Crippen LogP contribution in [0, 0.1) is 0 Å². The number of hydrogen-bond acceptors (Lipinski definition) is 3. The van der Waals surface area contributed by atoms with Crippen molar-refractivity contribution in [2.45, 2.75) is 51.2 Å². The Morgan fingerprint density at radius 3 is 2.00 bits per heavy atom. The van der Waals surface area contributed by atoms with Crippen LogP contribution in [0.1, 0.15) is 46.0 Å². The summed E-state index contributed by atoms with van der Waals surface area (Å²) < 4.78 is 23.5. The van der Waals surface area contributed by atoms with Gasteiger partial charge in [0, 0.05) is 0 Å². The number of carbonyl (C=O) groups is 1. The SMILES string of the molecule is CCCC(CCC)S(=O)(=O)CCC(=O)O. The molecular formula is C10H20O4S. The predicted molar refractivity (Wildman–Crippen MR) is 59.6 cm³/mol. The van der Waals surface area contributed by atoms with E-state index in [0.29, 0.717) is 12.8 Å². The van der Waals surface area contributed by atoms with Gasteiger partial charge in [0.2, 0.25) is 0 Å². The van der Waals surface area contributed by atoms with Crippen LogP contribution in [0.15, 0.2) is 0 Å². The Bertz CT molecular complexity index is 276. The van der Waals surface area contributed by atoms with E-state index in [1.54, 1.807) is 0 Å². The van der Waals surface area contributed by atoms with Crippen molar-refractivity contribution in [3.8, 4) is 0 Å². The summed E-state index contributed by atoms with van der Waals surface area (Å²) in [6.07, 6.45) is 2.62. The lowest BCUT2D eigenvalue weighted by atomic mass is 10.2. The van der Waals surface area contributed by atoms with Gasteiger partial charge in [-0.2, -0.15) is 0 Å². The Balaban J connectivity index is 4.42. The van der Waals surface area contributed by atoms with Crippen LogP contribution in [0.2, 0.25) is 0 Å². The van der Waals surface area contributed by atoms with Crippen LogP contribution in [-0.4, -0.2) is 30.5 Å². The minimum Gasteiger partial charge on any atom is -0.481 e. The lowest BCUT2D eigenvalue weighted by Crippen LogP contribution is -2.25. The number of hydrogen-bond donors (Lipinski definition) is 1. The number of aliphatic carboxylic acids is 1. The molecule has 1 N–H and O–H groups in total. The van der Waals surface area contributed by atoms with E-state index < -0.39 is 15.8 Å². The molecule has 0 bridgehead atoms. The van der Waals surface area contributed by atoms with Gasteiger partial charge in [0.25, 0.3) is 0 Å². The van der Waals surface area contributed by atoms with E-state index in [1.807, 2.05) is 13.8 Å². The van der Waals surface area contributed by atoms with Gasteiger partial charge in [-0.05, 0) is 12.8 Å². The zero-order chi connectivity index (χ0) is 11.9. The van der Waals surface area contributed by atoms with Crippen LogP contribution >= 0.6 is 0 Å². The first-order chi connectivity index (χ1) is 6.94. The summed E-state index contributed by atoms with van der Waals surface area (Å²) in [6.45, 7) is 3.88. The van der Waals surface area contributed by atoms with Gasteiger partial charge < -0.3 is 5.11 Å². The highest BCUT2D eigenvalue weighted by Gasteiger charge is 2.24. The summed E-state index contributed by atoms with van der Waals surface area (Å²) in [7, 11) is -3.22. The first-order valence-electron chi connectivity index (χ1n) is 5.37. The fourth-order valence-electron chi connectivity index (χ4n) is 1.54. The molecule has 5 heteroatoms. The first kappa shape index (κ1) is 14.4. The van der Waals surface area contributed by atoms with Crippen molar-refractivity contribution < 1.29 is 18.3 Å². The highest BCUT2D eigenvalue weighted by atomic mass is 32.2. The molecule has 0 aromatic rings. The molecule has 0 saturated carbocycles. The summed E-state index contributed by atoms with van der Waals surface area (Å²) in [5.41, 5.74) is 0. The van der Waals surface area contributed by atoms with Gasteiger partial charge in [-0.15, -0.1) is 0 Å². The number of carboxylic acid groups (broad SMARTS) is 1. The minimum atomic E-state index is -3.22. The standard InChI is InChI=1S/C10H20O4S/c1-3-5-9(6-4-2)15(13,14)8-7-10(11)12/h9H,3-8H2,1-2H3,(H,11,12). The van der Waals surface area contributed by atoms with Gasteiger partial charge in [-0.3, -0.25) is 4.79 Å². The molecule has 0 atom stereocenters. The highest BCUT2D eigenvalue weighted by Crippen LogP contribution is 2.16. The monoisotopic (exact) mass is 236 g/mol. The second-order valence-corrected chi connectivity index (χ2v) is 6.11. The molecular weight excluding hydrogens is 216 g/mol. The average molecular weight is 236 g/mol. The van der Waals surface area contributed by atoms with Crippen molar-refractivity contribution >= 4 is 15.8 Å². The fraction of sp³-hybridized carbons (Fsp3) is 0.900. The van der Waals surface area contributed by atoms with Crippen molar-refractivity contribution in [1.29, 1.82) is 0 Å². The molecule has 0 aromatic carbocycles. The van der Waals surface area contributed by atoms with Crippen LogP contribution in [0.5, 0.6) is 0 Å². The molecule has 0 amide bonds. The molecule has 0 aliphatic rings. The Kier molecular flexibility index (Phi) is 6.56. The molecule has 0 rings (SSSR count). The maximum absolute atomic E-state index is 11.8. The third kappa shape index (κ3) is 5.77. The summed E-state index contributed by atoms with van der Waals surface area (Å²) in [4.78, 5) is 10.3. The smallest absolute Gasteiger partial charge is 0.304 e. The van der Waals surface area contributed by atoms with Crippen molar-refractivity contribution in [3.05, 3.63) is 0 Å². The van der Waals surface area contributed by atoms with Crippen LogP contribution in [0.25, 0.3) is 0 Å². The van der Waals surface area contributed by atoms with Gasteiger partial charge in [0.05, 0.1) is 17.4 Å². The summed E-state index contributed by atoms with van der Waals surface area (Å²) in [6, 6.07) is 0. The fourth-order valence-corrected chi connectivity index (χ4v) is 3.53. The van der Waals surface area contributed by atoms with E-state index in [1.165, 1.54) is 0 Å². The van der Waals surface area contributed by atoms with Crippen molar-refractivity contribution in [3.63, 3.8) is 0 Å². The van der Waals surface area contributed by atoms with Crippen molar-refractivity contribution in [2.24, 2.45) is 0 Å². The Hall–Kier alpha value is -0.580. The van der Waals surface area contributed by atoms with E-state index in [-0.39, 0.29) is 17.4 Å². The van der Waals surface area contributed by atoms with E-state index in [4.69, 9.17) is 5.11 Å². The molecule has 90 valence electrons. The van der Waals surface area contributed by atoms with Gasteiger partial charge in [0.1, 0.15) is 0 Å². The number of rotatable bonds is 8. The molecule has 15 heavy (non-hydrogen) atoms. The second-order valence-electron chi connectivity index (χ2n) is 3.71. The van der Waals surface area contributed by atoms with Gasteiger partial charge in [0.15, 0.2) is 9.84 Å². The average Bonchev–Trinajstić information content (AvgIpc) is 2.15. The Labute approximate surface area is 91.6 Å². The normalized spacial score (nSPS) is 11.9. The number of sulfone groups is 1. The lowest BCUT2D eigenvalue weighted by molar-refractivity contribution is -0.136. The quantitative estimate of drug-likeness (QED) is 0.698. The molecule has 0 aliphatic heterocycles. The summed E-state index contributed by atoms with van der Waals surface area (Å²) >= 11 is 0. The first-order valence-corrected chi connectivity index (χ1v) is 7.09. The maximum atomic E-state index is 11.8. The van der Waals surface area contributed by atoms with Crippen molar-refractivity contribution in [2.75, 3.05) is 5.75 Å². The van der Waals surface area contributed by atoms with Gasteiger partial charge >= 0.3 is 5.97 Å². The molecule has 0 spiro atoms. The largest absolute Gasteiger partial charge is 0.481 e. The van der Waals surface area contributed by atoms with Gasteiger partial charge in [-0.25, -0.2) is 8.42 Å². The third-order valence-electron chi connectivity index (χ3n) is 2.33. The molecule has 0 radical (unpaired) electrons. The molecule has 4 nitrogen and oxygen atoms in total. The molecule has 0 unspecified atom stereocenters. The van der Waals surface area contributed by atoms with Crippen LogP contribution in [0.4, 0.5) is 0 Å². The second kappa shape index (κ2) is 6.82. The Morgan fingerprint density at radius 2 is 1.67 bits per heavy atom. The van der Waals surface area contributed by atoms with Crippen molar-refractivity contribution in [1.82, 2.24) is 0 Å². The lowest BCUT2D eigenvalue weighted by Gasteiger charge is -2.15. The molecule has 0 fully saturated rings. The molecule has 0 aliphatic carbocycles. The van der Waals surface area contributed by atoms with Crippen LogP contribution in [-0.2, 0) is 14.6 Å². The predicted octanol–water partition coefficient (Wildman–Crippen LogP) is 1.84. The van der Waals surface area contributed by atoms with Crippen LogP contribution < -0.4 is 0 Å². The summed E-state index contributed by atoms with van der Waals surface area (Å²) in [5.74, 6) is -1.28. The minimum absolute atomic E-state index is 0.229. The molecule has 0 aromatic heterocycles. The van der Waals surface area contributed by atoms with E-state index in [2.05, 4.69) is 0 Å². The molecule has 0 saturated heterocycles. The van der Waals surface area contributed by atoms with E-state index in [0.717, 1.165) is 12.8 Å². The van der Waals surface area contributed by atoms with Gasteiger partial charge in [-0.1, -0.05) is 26.7 Å². The highest BCUT2D eigenvalue weighted by molar-refractivity contribution is 7.92. The third-order valence-corrected chi connectivity index (χ3v) is 4.59. The van der Waals surface area contributed by atoms with Crippen LogP contribution in [0.3, 0.4) is 0 Å². The topological polar surface area (TPSA) is 71.4 Å². The zero-order valence-corrected chi connectivity index (χ0v) is 10.2. The maximum Gasteiger partial charge on any atom is 0.304 e. The van der Waals surface area contributed by atoms with E-state index in [9.17, 15) is 13.2 Å². The number of carboxylic acids is 1. The molecule has 0 heterocycles. The zero-order valence-electron chi connectivity index (χ0n) is 9.40. The van der Waals surface area contributed by atoms with E-state index >= 15 is 0 Å². The Morgan fingerprint density at radius 1 is 1.20 bits per heavy atom. The summed E-state index contributed by atoms with van der Waals surface area (Å²) in [5, 5.41) is 8.10.